The zero-order valence-corrected chi connectivity index (χ0v) is 15.8. The summed E-state index contributed by atoms with van der Waals surface area (Å²) in [5, 5.41) is 9.34. The predicted octanol–water partition coefficient (Wildman–Crippen LogP) is 3.51. The van der Waals surface area contributed by atoms with Crippen LogP contribution in [-0.4, -0.2) is 48.6 Å². The van der Waals surface area contributed by atoms with Crippen molar-refractivity contribution < 1.29 is 23.8 Å². The van der Waals surface area contributed by atoms with Crippen LogP contribution in [-0.2, 0) is 0 Å². The second kappa shape index (κ2) is 7.80. The number of phenols is 1. The molecular formula is C22H24FNO4. The maximum absolute atomic E-state index is 14.3. The predicted molar refractivity (Wildman–Crippen MR) is 102 cm³/mol. The van der Waals surface area contributed by atoms with Crippen molar-refractivity contribution in [3.63, 3.8) is 0 Å². The van der Waals surface area contributed by atoms with Crippen LogP contribution in [0.1, 0.15) is 23.2 Å². The summed E-state index contributed by atoms with van der Waals surface area (Å²) in [5.41, 5.74) is 0.615. The first-order valence-corrected chi connectivity index (χ1v) is 9.57. The van der Waals surface area contributed by atoms with Crippen LogP contribution in [0.2, 0.25) is 0 Å². The maximum atomic E-state index is 14.3. The van der Waals surface area contributed by atoms with Crippen LogP contribution in [0.5, 0.6) is 17.2 Å². The third kappa shape index (κ3) is 3.83. The fraction of sp³-hybridized carbons (Fsp3) is 0.409. The Bertz CT molecular complexity index is 840. The van der Waals surface area contributed by atoms with E-state index in [9.17, 15) is 14.3 Å². The van der Waals surface area contributed by atoms with Gasteiger partial charge in [-0.15, -0.1) is 0 Å². The molecule has 5 nitrogen and oxygen atoms in total. The van der Waals surface area contributed by atoms with Gasteiger partial charge in [0.1, 0.15) is 5.75 Å². The Hall–Kier alpha value is -2.60. The monoisotopic (exact) mass is 385 g/mol. The fourth-order valence-electron chi connectivity index (χ4n) is 4.43. The summed E-state index contributed by atoms with van der Waals surface area (Å²) in [6.07, 6.45) is 1.72. The number of phenolic OH excluding ortho intramolecular Hbond substituents is 1. The van der Waals surface area contributed by atoms with Gasteiger partial charge in [0.25, 0.3) is 0 Å². The normalized spacial score (nSPS) is 24.1. The Kier molecular flexibility index (Phi) is 5.22. The second-order valence-corrected chi connectivity index (χ2v) is 7.67. The van der Waals surface area contributed by atoms with Crippen LogP contribution in [0.4, 0.5) is 4.39 Å². The third-order valence-corrected chi connectivity index (χ3v) is 5.78. The number of ketones is 1. The molecule has 0 aromatic heterocycles. The molecule has 0 spiro atoms. The lowest BCUT2D eigenvalue weighted by atomic mass is 10.0. The van der Waals surface area contributed by atoms with Crippen LogP contribution in [0.15, 0.2) is 42.5 Å². The molecule has 6 heteroatoms. The Labute approximate surface area is 163 Å². The average Bonchev–Trinajstić information content (AvgIpc) is 3.21. The Balaban J connectivity index is 1.31. The molecule has 2 unspecified atom stereocenters. The van der Waals surface area contributed by atoms with E-state index in [1.54, 1.807) is 30.3 Å². The van der Waals surface area contributed by atoms with Gasteiger partial charge in [0.2, 0.25) is 5.82 Å². The number of benzene rings is 2. The summed E-state index contributed by atoms with van der Waals surface area (Å²) in [7, 11) is 1.44. The molecule has 1 aliphatic heterocycles. The summed E-state index contributed by atoms with van der Waals surface area (Å²) in [5.74, 6) is 1.12. The minimum absolute atomic E-state index is 0.00782. The highest BCUT2D eigenvalue weighted by atomic mass is 19.1. The minimum atomic E-state index is -0.455. The number of nitrogens with zero attached hydrogens (tertiary/aromatic N) is 1. The standard InChI is InChI=1S/C22H24FNO4/c1-27-20-3-2-4-21(22(20)23)28-18-9-15-11-24(12-16(15)10-18)13-19(26)14-5-7-17(25)8-6-14/h2-8,15-16,18,25H,9-13H2,1H3. The fourth-order valence-corrected chi connectivity index (χ4v) is 4.43. The van der Waals surface area contributed by atoms with Crippen LogP contribution in [0.3, 0.4) is 0 Å². The van der Waals surface area contributed by atoms with E-state index >= 15 is 0 Å². The molecule has 2 aromatic rings. The van der Waals surface area contributed by atoms with Gasteiger partial charge in [0, 0.05) is 18.7 Å². The number of aromatic hydroxyl groups is 1. The summed E-state index contributed by atoms with van der Waals surface area (Å²) in [6.45, 7) is 2.09. The number of ether oxygens (including phenoxy) is 2. The molecular weight excluding hydrogens is 361 g/mol. The van der Waals surface area contributed by atoms with Crippen molar-refractivity contribution in [2.24, 2.45) is 11.8 Å². The van der Waals surface area contributed by atoms with Gasteiger partial charge in [-0.05, 0) is 61.1 Å². The summed E-state index contributed by atoms with van der Waals surface area (Å²) < 4.78 is 25.2. The number of halogens is 1. The van der Waals surface area contributed by atoms with Gasteiger partial charge in [-0.2, -0.15) is 4.39 Å². The minimum Gasteiger partial charge on any atom is -0.508 e. The topological polar surface area (TPSA) is 59.0 Å². The number of likely N-dealkylation sites (tertiary alicyclic amines) is 1. The lowest BCUT2D eigenvalue weighted by molar-refractivity contribution is 0.0936. The van der Waals surface area contributed by atoms with E-state index in [-0.39, 0.29) is 29.1 Å². The van der Waals surface area contributed by atoms with Gasteiger partial charge in [-0.3, -0.25) is 9.69 Å². The first-order chi connectivity index (χ1) is 13.5. The van der Waals surface area contributed by atoms with Crippen molar-refractivity contribution >= 4 is 5.78 Å². The van der Waals surface area contributed by atoms with Crippen molar-refractivity contribution in [2.45, 2.75) is 18.9 Å². The van der Waals surface area contributed by atoms with E-state index in [1.165, 1.54) is 19.2 Å². The van der Waals surface area contributed by atoms with E-state index < -0.39 is 5.82 Å². The van der Waals surface area contributed by atoms with Gasteiger partial charge in [-0.1, -0.05) is 6.07 Å². The number of hydrogen-bond acceptors (Lipinski definition) is 5. The van der Waals surface area contributed by atoms with E-state index in [1.807, 2.05) is 0 Å². The van der Waals surface area contributed by atoms with Gasteiger partial charge < -0.3 is 14.6 Å². The Morgan fingerprint density at radius 2 is 1.75 bits per heavy atom. The molecule has 4 rings (SSSR count). The highest BCUT2D eigenvalue weighted by Crippen LogP contribution is 2.40. The summed E-state index contributed by atoms with van der Waals surface area (Å²) in [4.78, 5) is 14.6. The Morgan fingerprint density at radius 1 is 1.11 bits per heavy atom. The number of carbonyl (C=O) groups excluding carboxylic acids is 1. The molecule has 1 heterocycles. The molecule has 2 fully saturated rings. The molecule has 1 saturated heterocycles. The van der Waals surface area contributed by atoms with Crippen LogP contribution >= 0.6 is 0 Å². The summed E-state index contributed by atoms with van der Waals surface area (Å²) in [6, 6.07) is 11.3. The van der Waals surface area contributed by atoms with Crippen LogP contribution < -0.4 is 9.47 Å². The lowest BCUT2D eigenvalue weighted by Crippen LogP contribution is -2.30. The molecule has 2 aliphatic rings. The van der Waals surface area contributed by atoms with Crippen molar-refractivity contribution in [3.05, 3.63) is 53.8 Å². The first-order valence-electron chi connectivity index (χ1n) is 9.57. The molecule has 0 radical (unpaired) electrons. The average molecular weight is 385 g/mol. The molecule has 0 amide bonds. The van der Waals surface area contributed by atoms with Gasteiger partial charge >= 0.3 is 0 Å². The molecule has 2 aromatic carbocycles. The summed E-state index contributed by atoms with van der Waals surface area (Å²) >= 11 is 0. The lowest BCUT2D eigenvalue weighted by Gasteiger charge is -2.20. The smallest absolute Gasteiger partial charge is 0.206 e. The number of rotatable bonds is 6. The van der Waals surface area contributed by atoms with E-state index in [2.05, 4.69) is 4.90 Å². The van der Waals surface area contributed by atoms with Crippen LogP contribution in [0, 0.1) is 17.7 Å². The van der Waals surface area contributed by atoms with Gasteiger partial charge in [-0.25, -0.2) is 0 Å². The third-order valence-electron chi connectivity index (χ3n) is 5.78. The zero-order valence-electron chi connectivity index (χ0n) is 15.8. The number of carbonyl (C=O) groups is 1. The molecule has 1 N–H and O–H groups in total. The molecule has 0 bridgehead atoms. The number of hydrogen-bond donors (Lipinski definition) is 1. The SMILES string of the molecule is COc1cccc(OC2CC3CN(CC(=O)c4ccc(O)cc4)CC3C2)c1F. The highest BCUT2D eigenvalue weighted by Gasteiger charge is 2.42. The number of Topliss-reactive ketones (excluding diaryl/α,β-unsaturated/α-hetero) is 1. The van der Waals surface area contributed by atoms with Crippen molar-refractivity contribution in [1.29, 1.82) is 0 Å². The Morgan fingerprint density at radius 3 is 2.39 bits per heavy atom. The van der Waals surface area contributed by atoms with Crippen molar-refractivity contribution in [1.82, 2.24) is 4.90 Å². The first kappa shape index (κ1) is 18.7. The van der Waals surface area contributed by atoms with E-state index in [0.717, 1.165) is 25.9 Å². The molecule has 1 aliphatic carbocycles. The van der Waals surface area contributed by atoms with Crippen molar-refractivity contribution in [2.75, 3.05) is 26.7 Å². The molecule has 1 saturated carbocycles. The highest BCUT2D eigenvalue weighted by molar-refractivity contribution is 5.97. The number of fused-ring (bicyclic) bond motifs is 1. The largest absolute Gasteiger partial charge is 0.508 e. The molecule has 148 valence electrons. The zero-order chi connectivity index (χ0) is 19.7. The maximum Gasteiger partial charge on any atom is 0.206 e. The van der Waals surface area contributed by atoms with Crippen LogP contribution in [0.25, 0.3) is 0 Å². The van der Waals surface area contributed by atoms with Gasteiger partial charge in [0.05, 0.1) is 19.8 Å². The van der Waals surface area contributed by atoms with Crippen molar-refractivity contribution in [3.8, 4) is 17.2 Å². The molecule has 28 heavy (non-hydrogen) atoms. The van der Waals surface area contributed by atoms with E-state index in [0.29, 0.717) is 23.9 Å². The van der Waals surface area contributed by atoms with Gasteiger partial charge in [0.15, 0.2) is 17.3 Å². The quantitative estimate of drug-likeness (QED) is 0.771. The van der Waals surface area contributed by atoms with E-state index in [4.69, 9.17) is 9.47 Å². The molecule has 2 atom stereocenters. The second-order valence-electron chi connectivity index (χ2n) is 7.67. The number of methoxy groups -OCH3 is 1.